The summed E-state index contributed by atoms with van der Waals surface area (Å²) < 4.78 is 32.6. The number of ether oxygens (including phenoxy) is 6. The smallest absolute Gasteiger partial charge is 0.338 e. The highest BCUT2D eigenvalue weighted by molar-refractivity contribution is 5.90. The lowest BCUT2D eigenvalue weighted by Crippen LogP contribution is -2.60. The molecule has 0 radical (unpaired) electrons. The lowest BCUT2D eigenvalue weighted by Gasteiger charge is -2.42. The average Bonchev–Trinajstić information content (AvgIpc) is 3.23. The fourth-order valence-electron chi connectivity index (χ4n) is 4.56. The van der Waals surface area contributed by atoms with Crippen LogP contribution in [-0.4, -0.2) is 102 Å². The summed E-state index contributed by atoms with van der Waals surface area (Å²) in [6, 6.07) is 4.59. The minimum absolute atomic E-state index is 0.183. The number of benzene rings is 1. The van der Waals surface area contributed by atoms with Crippen LogP contribution < -0.4 is 9.47 Å². The molecule has 0 saturated carbocycles. The second-order valence-corrected chi connectivity index (χ2v) is 8.65. The molecule has 0 aromatic heterocycles. The van der Waals surface area contributed by atoms with Gasteiger partial charge in [0.05, 0.1) is 44.7 Å². The van der Waals surface area contributed by atoms with Gasteiger partial charge in [0.25, 0.3) is 0 Å². The summed E-state index contributed by atoms with van der Waals surface area (Å²) in [6.07, 6.45) is -4.87. The number of hydrogen-bond donors (Lipinski definition) is 5. The Kier molecular flexibility index (Phi) is 8.15. The fourth-order valence-corrected chi connectivity index (χ4v) is 4.56. The molecule has 12 heteroatoms. The standard InChI is InChI=1S/C24H30O12/c1-31-15-4-3-11(8-16(15)32-2)22(30)34-10-12-7-14(26)13-5-6-33-23(18(12)13)36-24-21(29)20(28)19(27)17(9-25)35-24/h3-8,13-14,17-21,23-29H,9-10H2,1-2H3. The van der Waals surface area contributed by atoms with Crippen LogP contribution in [0.25, 0.3) is 0 Å². The van der Waals surface area contributed by atoms with Gasteiger partial charge in [0.2, 0.25) is 6.29 Å². The molecule has 4 rings (SSSR count). The Morgan fingerprint density at radius 3 is 2.44 bits per heavy atom. The zero-order valence-corrected chi connectivity index (χ0v) is 19.7. The van der Waals surface area contributed by atoms with Crippen molar-refractivity contribution in [1.29, 1.82) is 0 Å². The van der Waals surface area contributed by atoms with E-state index in [9.17, 15) is 30.3 Å². The van der Waals surface area contributed by atoms with Crippen molar-refractivity contribution in [3.63, 3.8) is 0 Å². The summed E-state index contributed by atoms with van der Waals surface area (Å²) in [5.41, 5.74) is 0.748. The van der Waals surface area contributed by atoms with E-state index in [1.807, 2.05) is 0 Å². The van der Waals surface area contributed by atoms with E-state index in [0.717, 1.165) is 0 Å². The molecule has 0 bridgehead atoms. The number of aliphatic hydroxyl groups excluding tert-OH is 5. The number of fused-ring (bicyclic) bond motifs is 1. The van der Waals surface area contributed by atoms with Gasteiger partial charge in [-0.05, 0) is 29.8 Å². The predicted octanol–water partition coefficient (Wildman–Crippen LogP) is -0.920. The number of carbonyl (C=O) groups is 1. The third kappa shape index (κ3) is 5.06. The molecule has 9 unspecified atom stereocenters. The molecule has 5 N–H and O–H groups in total. The molecule has 0 spiro atoms. The van der Waals surface area contributed by atoms with Crippen molar-refractivity contribution in [3.05, 3.63) is 47.7 Å². The maximum Gasteiger partial charge on any atom is 0.338 e. The van der Waals surface area contributed by atoms with Crippen LogP contribution in [0.2, 0.25) is 0 Å². The van der Waals surface area contributed by atoms with Gasteiger partial charge < -0.3 is 54.0 Å². The number of hydrogen-bond acceptors (Lipinski definition) is 12. The largest absolute Gasteiger partial charge is 0.493 e. The molecule has 36 heavy (non-hydrogen) atoms. The predicted molar refractivity (Wildman–Crippen MR) is 120 cm³/mol. The van der Waals surface area contributed by atoms with Crippen molar-refractivity contribution >= 4 is 5.97 Å². The van der Waals surface area contributed by atoms with Gasteiger partial charge in [-0.2, -0.15) is 0 Å². The first-order valence-corrected chi connectivity index (χ1v) is 11.3. The van der Waals surface area contributed by atoms with E-state index < -0.39 is 67.5 Å². The molecular formula is C24H30O12. The average molecular weight is 510 g/mol. The van der Waals surface area contributed by atoms with Crippen molar-refractivity contribution in [1.82, 2.24) is 0 Å². The third-order valence-corrected chi connectivity index (χ3v) is 6.53. The molecule has 9 atom stereocenters. The Morgan fingerprint density at radius 1 is 1.00 bits per heavy atom. The zero-order valence-electron chi connectivity index (χ0n) is 19.7. The lowest BCUT2D eigenvalue weighted by atomic mass is 9.88. The molecule has 1 saturated heterocycles. The van der Waals surface area contributed by atoms with Crippen molar-refractivity contribution in [2.45, 2.75) is 43.1 Å². The minimum Gasteiger partial charge on any atom is -0.493 e. The Labute approximate surface area is 206 Å². The van der Waals surface area contributed by atoms with Gasteiger partial charge in [0, 0.05) is 5.92 Å². The Hall–Kier alpha value is -2.71. The first-order chi connectivity index (χ1) is 17.3. The monoisotopic (exact) mass is 510 g/mol. The molecule has 12 nitrogen and oxygen atoms in total. The van der Waals surface area contributed by atoms with Crippen LogP contribution in [0.15, 0.2) is 42.2 Å². The molecule has 3 aliphatic rings. The number of aliphatic hydroxyl groups is 5. The summed E-state index contributed by atoms with van der Waals surface area (Å²) in [5.74, 6) is -0.897. The van der Waals surface area contributed by atoms with Gasteiger partial charge in [-0.25, -0.2) is 4.79 Å². The molecule has 2 heterocycles. The van der Waals surface area contributed by atoms with E-state index in [2.05, 4.69) is 0 Å². The number of rotatable bonds is 8. The molecule has 1 aromatic rings. The van der Waals surface area contributed by atoms with Crippen molar-refractivity contribution in [2.24, 2.45) is 11.8 Å². The number of carbonyl (C=O) groups excluding carboxylic acids is 1. The Balaban J connectivity index is 1.46. The Bertz CT molecular complexity index is 991. The molecule has 2 aliphatic heterocycles. The van der Waals surface area contributed by atoms with Gasteiger partial charge in [-0.3, -0.25) is 0 Å². The van der Waals surface area contributed by atoms with E-state index >= 15 is 0 Å². The number of esters is 1. The quantitative estimate of drug-likeness (QED) is 0.215. The van der Waals surface area contributed by atoms with Crippen LogP contribution >= 0.6 is 0 Å². The molecule has 198 valence electrons. The lowest BCUT2D eigenvalue weighted by molar-refractivity contribution is -0.339. The van der Waals surface area contributed by atoms with Gasteiger partial charge in [0.15, 0.2) is 17.8 Å². The van der Waals surface area contributed by atoms with Crippen molar-refractivity contribution in [2.75, 3.05) is 27.4 Å². The molecule has 1 fully saturated rings. The third-order valence-electron chi connectivity index (χ3n) is 6.53. The highest BCUT2D eigenvalue weighted by Crippen LogP contribution is 2.41. The van der Waals surface area contributed by atoms with Crippen LogP contribution in [0.5, 0.6) is 11.5 Å². The summed E-state index contributed by atoms with van der Waals surface area (Å²) in [5, 5.41) is 50.3. The van der Waals surface area contributed by atoms with Crippen molar-refractivity contribution < 1.29 is 58.7 Å². The van der Waals surface area contributed by atoms with Crippen LogP contribution in [0.3, 0.4) is 0 Å². The van der Waals surface area contributed by atoms with E-state index in [0.29, 0.717) is 17.1 Å². The molecule has 0 amide bonds. The summed E-state index contributed by atoms with van der Waals surface area (Å²) >= 11 is 0. The summed E-state index contributed by atoms with van der Waals surface area (Å²) in [4.78, 5) is 12.7. The van der Waals surface area contributed by atoms with Crippen LogP contribution in [-0.2, 0) is 18.9 Å². The van der Waals surface area contributed by atoms with Gasteiger partial charge >= 0.3 is 5.97 Å². The van der Waals surface area contributed by atoms with E-state index in [1.54, 1.807) is 18.2 Å². The van der Waals surface area contributed by atoms with E-state index in [1.165, 1.54) is 32.6 Å². The molecule has 1 aliphatic carbocycles. The maximum atomic E-state index is 12.7. The SMILES string of the molecule is COc1ccc(C(=O)OCC2=CC(O)C3C=COC(OC4OC(CO)C(O)C(O)C4O)C23)cc1OC. The van der Waals surface area contributed by atoms with Gasteiger partial charge in [-0.1, -0.05) is 6.08 Å². The van der Waals surface area contributed by atoms with E-state index in [4.69, 9.17) is 28.4 Å². The minimum atomic E-state index is -1.63. The molecular weight excluding hydrogens is 480 g/mol. The Morgan fingerprint density at radius 2 is 1.75 bits per heavy atom. The second kappa shape index (κ2) is 11.1. The maximum absolute atomic E-state index is 12.7. The highest BCUT2D eigenvalue weighted by Gasteiger charge is 2.49. The van der Waals surface area contributed by atoms with Crippen LogP contribution in [0.1, 0.15) is 10.4 Å². The highest BCUT2D eigenvalue weighted by atomic mass is 16.8. The first-order valence-electron chi connectivity index (χ1n) is 11.3. The molecule has 1 aromatic carbocycles. The fraction of sp³-hybridized carbons (Fsp3) is 0.542. The van der Waals surface area contributed by atoms with E-state index in [-0.39, 0.29) is 12.2 Å². The van der Waals surface area contributed by atoms with Crippen molar-refractivity contribution in [3.8, 4) is 11.5 Å². The van der Waals surface area contributed by atoms with Crippen LogP contribution in [0.4, 0.5) is 0 Å². The summed E-state index contributed by atoms with van der Waals surface area (Å²) in [7, 11) is 2.93. The number of methoxy groups -OCH3 is 2. The topological polar surface area (TPSA) is 174 Å². The first kappa shape index (κ1) is 26.4. The van der Waals surface area contributed by atoms with Crippen LogP contribution in [0, 0.1) is 11.8 Å². The normalized spacial score (nSPS) is 35.4. The van der Waals surface area contributed by atoms with Gasteiger partial charge in [-0.15, -0.1) is 0 Å². The zero-order chi connectivity index (χ0) is 26.0. The summed E-state index contributed by atoms with van der Waals surface area (Å²) in [6.45, 7) is -0.796. The van der Waals surface area contributed by atoms with Gasteiger partial charge in [0.1, 0.15) is 31.0 Å². The second-order valence-electron chi connectivity index (χ2n) is 8.65.